The lowest BCUT2D eigenvalue weighted by Gasteiger charge is -2.41. The second-order valence-electron chi connectivity index (χ2n) is 17.3. The van der Waals surface area contributed by atoms with E-state index >= 15 is 0 Å². The van der Waals surface area contributed by atoms with Crippen molar-refractivity contribution in [2.75, 3.05) is 13.2 Å². The highest BCUT2D eigenvalue weighted by Crippen LogP contribution is 2.49. The lowest BCUT2D eigenvalue weighted by Crippen LogP contribution is -2.58. The fourth-order valence-corrected chi connectivity index (χ4v) is 9.08. The number of aliphatic hydroxyl groups excluding tert-OH is 7. The fourth-order valence-electron chi connectivity index (χ4n) is 7.55. The van der Waals surface area contributed by atoms with E-state index in [9.17, 15) is 69.1 Å². The maximum atomic E-state index is 13.8. The van der Waals surface area contributed by atoms with Crippen LogP contribution in [0.15, 0.2) is 60.8 Å². The third-order valence-electron chi connectivity index (χ3n) is 11.4. The molecular formula is C47H80O20P2. The van der Waals surface area contributed by atoms with Gasteiger partial charge in [0.1, 0.15) is 43.2 Å². The van der Waals surface area contributed by atoms with Gasteiger partial charge in [-0.15, -0.1) is 0 Å². The van der Waals surface area contributed by atoms with Crippen molar-refractivity contribution < 1.29 is 96.9 Å². The summed E-state index contributed by atoms with van der Waals surface area (Å²) in [6.45, 7) is 2.39. The first kappa shape index (κ1) is 62.7. The van der Waals surface area contributed by atoms with Crippen LogP contribution in [0, 0.1) is 5.92 Å². The van der Waals surface area contributed by atoms with Gasteiger partial charge in [0.15, 0.2) is 12.4 Å². The number of phosphoric acid groups is 2. The Morgan fingerprint density at radius 1 is 0.870 bits per heavy atom. The summed E-state index contributed by atoms with van der Waals surface area (Å²) >= 11 is 0. The highest BCUT2D eigenvalue weighted by Gasteiger charge is 2.50. The standard InChI is InChI=1S/C47H80O20P2/c1-3-5-7-8-9-10-11-12-13-14-15-16-17-18-24-28-40(51)64-35-32-62-39(50)27-23-20-19-22-26-36-37(49)31-41(52)65-38(30-29-34(48)25-21-6-4-2)43(54)46(66-68(57,58)59)47(45(56)44(55)42(36)53)67-69(60,61)63-33-35/h5,7,9-10,12-13,19,22,29-30,34-38,41-49,52-56H,3-4,6,8,11,14-18,20-21,23-28,31-33H2,1-2H3,(H,60,61)(H2,57,58,59)/b7-5-,10-9-,13-12-,22-19?,30-29+/t34-,35+,36-,37-,38+,41?,42+,43+,44-,45+,46+,47-/m0/s1. The Morgan fingerprint density at radius 2 is 1.55 bits per heavy atom. The molecule has 0 aromatic carbocycles. The van der Waals surface area contributed by atoms with Gasteiger partial charge < -0.3 is 64.6 Å². The highest BCUT2D eigenvalue weighted by atomic mass is 31.2. The molecule has 0 aromatic rings. The molecule has 2 bridgehead atoms. The third-order valence-corrected chi connectivity index (χ3v) is 12.9. The number of allylic oxidation sites excluding steroid dienone is 8. The minimum Gasteiger partial charge on any atom is -0.462 e. The Kier molecular flexibility index (Phi) is 31.6. The summed E-state index contributed by atoms with van der Waals surface area (Å²) in [7, 11) is -11.5. The summed E-state index contributed by atoms with van der Waals surface area (Å²) in [6.07, 6.45) is 3.88. The van der Waals surface area contributed by atoms with Crippen molar-refractivity contribution in [1.82, 2.24) is 0 Å². The summed E-state index contributed by atoms with van der Waals surface area (Å²) in [5.41, 5.74) is 0. The molecule has 2 aliphatic heterocycles. The van der Waals surface area contributed by atoms with Crippen LogP contribution in [0.3, 0.4) is 0 Å². The molecule has 20 nitrogen and oxygen atoms in total. The second kappa shape index (κ2) is 34.8. The van der Waals surface area contributed by atoms with Crippen LogP contribution in [0.1, 0.15) is 136 Å². The molecule has 0 aromatic heterocycles. The van der Waals surface area contributed by atoms with Gasteiger partial charge in [-0.3, -0.25) is 23.2 Å². The average molecular weight is 1030 g/mol. The van der Waals surface area contributed by atoms with Crippen molar-refractivity contribution in [2.24, 2.45) is 5.92 Å². The Morgan fingerprint density at radius 3 is 2.25 bits per heavy atom. The van der Waals surface area contributed by atoms with Gasteiger partial charge in [0.05, 0.1) is 24.9 Å². The van der Waals surface area contributed by atoms with Crippen LogP contribution < -0.4 is 0 Å². The molecular weight excluding hydrogens is 946 g/mol. The van der Waals surface area contributed by atoms with Crippen LogP contribution in [0.5, 0.6) is 0 Å². The van der Waals surface area contributed by atoms with E-state index in [1.807, 2.05) is 6.92 Å². The van der Waals surface area contributed by atoms with Crippen LogP contribution >= 0.6 is 15.6 Å². The van der Waals surface area contributed by atoms with Crippen molar-refractivity contribution in [3.05, 3.63) is 60.8 Å². The number of carbonyl (C=O) groups is 2. The number of carbonyl (C=O) groups excluding carboxylic acids is 2. The molecule has 0 amide bonds. The zero-order chi connectivity index (χ0) is 51.2. The predicted molar refractivity (Wildman–Crippen MR) is 254 cm³/mol. The quantitative estimate of drug-likeness (QED) is 0.0289. The zero-order valence-corrected chi connectivity index (χ0v) is 41.8. The summed E-state index contributed by atoms with van der Waals surface area (Å²) < 4.78 is 57.8. The monoisotopic (exact) mass is 1030 g/mol. The van der Waals surface area contributed by atoms with Crippen LogP contribution in [-0.2, 0) is 46.5 Å². The second-order valence-corrected chi connectivity index (χ2v) is 19.9. The first-order chi connectivity index (χ1) is 32.8. The van der Waals surface area contributed by atoms with Gasteiger partial charge in [-0.1, -0.05) is 113 Å². The molecule has 2 unspecified atom stereocenters. The number of ether oxygens (including phenoxy) is 3. The van der Waals surface area contributed by atoms with E-state index in [1.54, 1.807) is 6.08 Å². The topological polar surface area (TPSA) is 326 Å². The Balaban J connectivity index is 2.39. The van der Waals surface area contributed by atoms with Gasteiger partial charge in [-0.05, 0) is 64.2 Å². The van der Waals surface area contributed by atoms with Crippen molar-refractivity contribution in [3.63, 3.8) is 0 Å². The third kappa shape index (κ3) is 27.3. The van der Waals surface area contributed by atoms with E-state index in [-0.39, 0.29) is 38.5 Å². The van der Waals surface area contributed by atoms with Gasteiger partial charge in [0.25, 0.3) is 0 Å². The predicted octanol–water partition coefficient (Wildman–Crippen LogP) is 5.17. The lowest BCUT2D eigenvalue weighted by atomic mass is 9.83. The number of fused-ring (bicyclic) bond motifs is 4. The molecule has 0 spiro atoms. The maximum absolute atomic E-state index is 13.8. The number of hydrogen-bond acceptors (Lipinski definition) is 17. The van der Waals surface area contributed by atoms with E-state index in [1.165, 1.54) is 6.08 Å². The summed E-state index contributed by atoms with van der Waals surface area (Å²) in [4.78, 5) is 56.8. The molecule has 22 heteroatoms. The van der Waals surface area contributed by atoms with Gasteiger partial charge in [-0.2, -0.15) is 0 Å². The molecule has 398 valence electrons. The van der Waals surface area contributed by atoms with Crippen molar-refractivity contribution in [3.8, 4) is 0 Å². The minimum absolute atomic E-state index is 0.0602. The summed E-state index contributed by atoms with van der Waals surface area (Å²) in [5, 5.41) is 79.0. The van der Waals surface area contributed by atoms with Gasteiger partial charge >= 0.3 is 27.6 Å². The first-order valence-electron chi connectivity index (χ1n) is 24.2. The number of esters is 2. The molecule has 1 saturated heterocycles. The minimum atomic E-state index is -5.80. The van der Waals surface area contributed by atoms with Crippen molar-refractivity contribution in [2.45, 2.75) is 203 Å². The van der Waals surface area contributed by atoms with E-state index < -0.39 is 120 Å². The largest absolute Gasteiger partial charge is 0.472 e. The molecule has 1 fully saturated rings. The van der Waals surface area contributed by atoms with E-state index in [2.05, 4.69) is 43.4 Å². The smallest absolute Gasteiger partial charge is 0.462 e. The lowest BCUT2D eigenvalue weighted by molar-refractivity contribution is -0.210. The molecule has 0 aliphatic carbocycles. The molecule has 2 heterocycles. The van der Waals surface area contributed by atoms with Crippen molar-refractivity contribution >= 4 is 27.6 Å². The first-order valence-corrected chi connectivity index (χ1v) is 27.3. The van der Waals surface area contributed by atoms with E-state index in [0.29, 0.717) is 19.3 Å². The van der Waals surface area contributed by atoms with Crippen LogP contribution in [0.25, 0.3) is 0 Å². The highest BCUT2D eigenvalue weighted by molar-refractivity contribution is 7.47. The number of aliphatic hydroxyl groups is 7. The molecule has 10 N–H and O–H groups in total. The number of unbranched alkanes of at least 4 members (excludes halogenated alkanes) is 7. The maximum Gasteiger partial charge on any atom is 0.472 e. The van der Waals surface area contributed by atoms with E-state index in [4.69, 9.17) is 27.8 Å². The number of phosphoric ester groups is 2. The Labute approximate surface area is 406 Å². The van der Waals surface area contributed by atoms with Crippen LogP contribution in [0.4, 0.5) is 0 Å². The molecule has 2 rings (SSSR count). The zero-order valence-electron chi connectivity index (χ0n) is 40.0. The Bertz CT molecular complexity index is 1680. The van der Waals surface area contributed by atoms with Crippen molar-refractivity contribution in [1.29, 1.82) is 0 Å². The SMILES string of the molecule is CC/C=C\C/C=C\C/C=C\CCCCCCCC(=O)O[C@@H]1COC(=O)CCCC=CC[C@@H]2[C@@H](O)[C@H](O)[C@@H](O)[C@H](OP(=O)(O)OC1)[C@H](OP(=O)(O)O)[C@H](O)[C@@H](/C=C/[C@@H](O)CCCCC)OC(O)C[C@@H]2O. The Hall–Kier alpha value is -2.46. The molecule has 69 heavy (non-hydrogen) atoms. The normalized spacial score (nSPS) is 31.7. The molecule has 0 radical (unpaired) electrons. The number of hydrogen-bond donors (Lipinski definition) is 10. The number of rotatable bonds is 22. The van der Waals surface area contributed by atoms with Crippen LogP contribution in [0.2, 0.25) is 0 Å². The summed E-state index contributed by atoms with van der Waals surface area (Å²) in [5.74, 6) is -2.91. The molecule has 2 aliphatic rings. The average Bonchev–Trinajstić information content (AvgIpc) is 3.29. The number of cyclic esters (lactones) is 1. The summed E-state index contributed by atoms with van der Waals surface area (Å²) in [6, 6.07) is 0. The molecule has 0 saturated carbocycles. The van der Waals surface area contributed by atoms with Crippen LogP contribution in [-0.4, -0.2) is 143 Å². The van der Waals surface area contributed by atoms with E-state index in [0.717, 1.165) is 69.9 Å². The van der Waals surface area contributed by atoms with Gasteiger partial charge in [-0.25, -0.2) is 9.13 Å². The molecule has 13 atom stereocenters. The van der Waals surface area contributed by atoms with Gasteiger partial charge in [0, 0.05) is 25.2 Å². The fraction of sp³-hybridized carbons (Fsp3) is 0.745. The van der Waals surface area contributed by atoms with Gasteiger partial charge in [0.2, 0.25) is 0 Å².